The van der Waals surface area contributed by atoms with Gasteiger partial charge < -0.3 is 24.7 Å². The highest BCUT2D eigenvalue weighted by Crippen LogP contribution is 2.38. The summed E-state index contributed by atoms with van der Waals surface area (Å²) < 4.78 is 21.7. The topological polar surface area (TPSA) is 138 Å². The van der Waals surface area contributed by atoms with Crippen LogP contribution in [0.5, 0.6) is 0 Å². The maximum absolute atomic E-state index is 12.7. The van der Waals surface area contributed by atoms with E-state index in [0.29, 0.717) is 5.39 Å². The Kier molecular flexibility index (Phi) is 4.82. The summed E-state index contributed by atoms with van der Waals surface area (Å²) in [4.78, 5) is 30.1. The molecule has 0 radical (unpaired) electrons. The average Bonchev–Trinajstić information content (AvgIpc) is 2.81. The van der Waals surface area contributed by atoms with Crippen molar-refractivity contribution in [3.05, 3.63) is 46.4 Å². The van der Waals surface area contributed by atoms with E-state index in [-0.39, 0.29) is 0 Å². The number of aromatic nitrogens is 1. The molecule has 0 bridgehead atoms. The Labute approximate surface area is 142 Å². The molecule has 4 atom stereocenters. The van der Waals surface area contributed by atoms with Crippen LogP contribution in [0.2, 0.25) is 0 Å². The number of rotatable bonds is 4. The summed E-state index contributed by atoms with van der Waals surface area (Å²) in [6.07, 6.45) is -3.86. The second kappa shape index (κ2) is 6.62. The number of fused-ring (bicyclic) bond motifs is 1. The summed E-state index contributed by atoms with van der Waals surface area (Å²) in [5.74, 6) is 0. The zero-order valence-electron chi connectivity index (χ0n) is 13.2. The molecule has 4 N–H and O–H groups in total. The Bertz CT molecular complexity index is 891. The zero-order valence-corrected chi connectivity index (χ0v) is 14.1. The maximum atomic E-state index is 12.7. The van der Waals surface area contributed by atoms with Gasteiger partial charge in [0.05, 0.1) is 6.61 Å². The predicted octanol–water partition coefficient (Wildman–Crippen LogP) is 0.0384. The van der Waals surface area contributed by atoms with E-state index in [4.69, 9.17) is 14.5 Å². The summed E-state index contributed by atoms with van der Waals surface area (Å²) in [6, 6.07) is 7.05. The molecule has 3 rings (SSSR count). The van der Waals surface area contributed by atoms with Gasteiger partial charge in [-0.05, 0) is 24.4 Å². The van der Waals surface area contributed by atoms with E-state index in [9.17, 15) is 19.6 Å². The third-order valence-electron chi connectivity index (χ3n) is 4.11. The molecule has 1 aromatic carbocycles. The van der Waals surface area contributed by atoms with Crippen LogP contribution in [0.25, 0.3) is 10.8 Å². The number of aliphatic hydroxyl groups is 2. The molecule has 1 aliphatic rings. The molecule has 2 heterocycles. The zero-order chi connectivity index (χ0) is 18.4. The van der Waals surface area contributed by atoms with Crippen molar-refractivity contribution in [2.45, 2.75) is 31.5 Å². The number of nitrogens with zero attached hydrogens (tertiary/aromatic N) is 1. The molecular weight excluding hydrogens is 353 g/mol. The number of pyridine rings is 1. The van der Waals surface area contributed by atoms with Crippen LogP contribution in [0.3, 0.4) is 0 Å². The van der Waals surface area contributed by atoms with Gasteiger partial charge in [-0.15, -0.1) is 0 Å². The first kappa shape index (κ1) is 18.2. The molecule has 0 spiro atoms. The Balaban J connectivity index is 1.91. The monoisotopic (exact) mass is 371 g/mol. The molecule has 2 aromatic rings. The molecule has 25 heavy (non-hydrogen) atoms. The number of hydrogen-bond donors (Lipinski definition) is 4. The predicted molar refractivity (Wildman–Crippen MR) is 86.9 cm³/mol. The summed E-state index contributed by atoms with van der Waals surface area (Å²) >= 11 is 0. The van der Waals surface area contributed by atoms with Crippen molar-refractivity contribution in [3.63, 3.8) is 0 Å². The number of aryl methyl sites for hydroxylation is 1. The molecule has 1 fully saturated rings. The van der Waals surface area contributed by atoms with Crippen molar-refractivity contribution >= 4 is 18.6 Å². The lowest BCUT2D eigenvalue weighted by Gasteiger charge is -2.18. The highest BCUT2D eigenvalue weighted by atomic mass is 31.2. The van der Waals surface area contributed by atoms with E-state index in [1.54, 1.807) is 18.2 Å². The first-order valence-electron chi connectivity index (χ1n) is 7.50. The van der Waals surface area contributed by atoms with Gasteiger partial charge in [0.15, 0.2) is 6.23 Å². The van der Waals surface area contributed by atoms with Crippen molar-refractivity contribution in [3.8, 4) is 0 Å². The lowest BCUT2D eigenvalue weighted by atomic mass is 10.1. The fourth-order valence-electron chi connectivity index (χ4n) is 2.84. The molecule has 0 saturated carbocycles. The van der Waals surface area contributed by atoms with Crippen LogP contribution in [0.1, 0.15) is 11.8 Å². The van der Waals surface area contributed by atoms with E-state index in [1.807, 2.05) is 13.0 Å². The van der Waals surface area contributed by atoms with Gasteiger partial charge in [0.1, 0.15) is 18.3 Å². The summed E-state index contributed by atoms with van der Waals surface area (Å²) in [7, 11) is -4.75. The molecule has 9 nitrogen and oxygen atoms in total. The lowest BCUT2D eigenvalue weighted by molar-refractivity contribution is -0.0534. The first-order valence-corrected chi connectivity index (χ1v) is 9.03. The molecular formula is C15H18NO8P. The van der Waals surface area contributed by atoms with Crippen LogP contribution in [-0.2, 0) is 13.8 Å². The van der Waals surface area contributed by atoms with Crippen molar-refractivity contribution in [2.24, 2.45) is 0 Å². The standard InChI is InChI=1S/C15H18NO8P/c1-8-2-3-9-4-5-16(14(19)10(9)6-8)15-13(18)12(17)11(24-15)7-23-25(20,21)22/h2-6,11-13,15,17-18H,7H2,1H3,(H2,20,21,22)/t11-,12+,13-,15-/m1/s1. The van der Waals surface area contributed by atoms with E-state index in [1.165, 1.54) is 6.20 Å². The summed E-state index contributed by atoms with van der Waals surface area (Å²) in [5.41, 5.74) is 0.484. The molecule has 0 unspecified atom stereocenters. The molecule has 0 aliphatic carbocycles. The normalized spacial score (nSPS) is 27.1. The van der Waals surface area contributed by atoms with Crippen molar-refractivity contribution < 1.29 is 33.8 Å². The van der Waals surface area contributed by atoms with Crippen LogP contribution >= 0.6 is 7.82 Å². The van der Waals surface area contributed by atoms with Crippen LogP contribution in [0.4, 0.5) is 0 Å². The summed E-state index contributed by atoms with van der Waals surface area (Å²) in [6.45, 7) is 1.22. The van der Waals surface area contributed by atoms with E-state index in [0.717, 1.165) is 15.5 Å². The summed E-state index contributed by atoms with van der Waals surface area (Å²) in [5, 5.41) is 21.3. The number of hydrogen-bond acceptors (Lipinski definition) is 6. The van der Waals surface area contributed by atoms with Crippen LogP contribution in [-0.4, -0.2) is 49.5 Å². The Morgan fingerprint density at radius 2 is 1.96 bits per heavy atom. The smallest absolute Gasteiger partial charge is 0.387 e. The van der Waals surface area contributed by atoms with Gasteiger partial charge in [-0.2, -0.15) is 0 Å². The molecule has 136 valence electrons. The van der Waals surface area contributed by atoms with Gasteiger partial charge >= 0.3 is 7.82 Å². The largest absolute Gasteiger partial charge is 0.469 e. The van der Waals surface area contributed by atoms with Gasteiger partial charge in [-0.25, -0.2) is 4.57 Å². The third kappa shape index (κ3) is 3.68. The molecule has 0 amide bonds. The van der Waals surface area contributed by atoms with E-state index >= 15 is 0 Å². The lowest BCUT2D eigenvalue weighted by Crippen LogP contribution is -2.35. The van der Waals surface area contributed by atoms with Crippen LogP contribution < -0.4 is 5.56 Å². The van der Waals surface area contributed by atoms with E-state index in [2.05, 4.69) is 4.52 Å². The molecule has 1 aliphatic heterocycles. The van der Waals surface area contributed by atoms with Gasteiger partial charge in [-0.1, -0.05) is 17.7 Å². The minimum atomic E-state index is -4.75. The van der Waals surface area contributed by atoms with Crippen LogP contribution in [0, 0.1) is 6.92 Å². The third-order valence-corrected chi connectivity index (χ3v) is 4.59. The van der Waals surface area contributed by atoms with Gasteiger partial charge in [0.2, 0.25) is 0 Å². The van der Waals surface area contributed by atoms with E-state index < -0.39 is 44.5 Å². The van der Waals surface area contributed by atoms with Crippen molar-refractivity contribution in [1.82, 2.24) is 4.57 Å². The van der Waals surface area contributed by atoms with Gasteiger partial charge in [0, 0.05) is 11.6 Å². The number of phosphoric acid groups is 1. The quantitative estimate of drug-likeness (QED) is 0.553. The Morgan fingerprint density at radius 1 is 1.24 bits per heavy atom. The number of aliphatic hydroxyl groups excluding tert-OH is 2. The van der Waals surface area contributed by atoms with Crippen LogP contribution in [0.15, 0.2) is 35.3 Å². The molecule has 1 saturated heterocycles. The Hall–Kier alpha value is -1.58. The second-order valence-corrected chi connectivity index (χ2v) is 7.19. The average molecular weight is 371 g/mol. The SMILES string of the molecule is Cc1ccc2ccn([C@@H]3O[C@H](COP(=O)(O)O)[C@H](O)[C@H]3O)c(=O)c2c1. The Morgan fingerprint density at radius 3 is 2.64 bits per heavy atom. The fraction of sp³-hybridized carbons (Fsp3) is 0.400. The number of phosphoric ester groups is 1. The number of benzene rings is 1. The highest BCUT2D eigenvalue weighted by Gasteiger charge is 2.44. The first-order chi connectivity index (χ1) is 11.7. The van der Waals surface area contributed by atoms with Crippen molar-refractivity contribution in [1.29, 1.82) is 0 Å². The molecule has 1 aromatic heterocycles. The van der Waals surface area contributed by atoms with Gasteiger partial charge in [-0.3, -0.25) is 13.9 Å². The fourth-order valence-corrected chi connectivity index (χ4v) is 3.18. The number of ether oxygens (including phenoxy) is 1. The maximum Gasteiger partial charge on any atom is 0.469 e. The second-order valence-electron chi connectivity index (χ2n) is 5.95. The minimum absolute atomic E-state index is 0.408. The minimum Gasteiger partial charge on any atom is -0.387 e. The van der Waals surface area contributed by atoms with Crippen molar-refractivity contribution in [2.75, 3.05) is 6.61 Å². The molecule has 10 heteroatoms. The van der Waals surface area contributed by atoms with Gasteiger partial charge in [0.25, 0.3) is 5.56 Å². The highest BCUT2D eigenvalue weighted by molar-refractivity contribution is 7.46.